The number of aromatic nitrogens is 6. The molecule has 0 aliphatic carbocycles. The molecule has 7 nitrogen and oxygen atoms in total. The lowest BCUT2D eigenvalue weighted by molar-refractivity contribution is 0.392. The molecule has 0 unspecified atom stereocenters. The van der Waals surface area contributed by atoms with Gasteiger partial charge >= 0.3 is 0 Å². The molecule has 0 spiro atoms. The second kappa shape index (κ2) is 7.18. The summed E-state index contributed by atoms with van der Waals surface area (Å²) in [5.41, 5.74) is 3.75. The number of hydrogen-bond donors (Lipinski definition) is 0. The van der Waals surface area contributed by atoms with E-state index in [0.29, 0.717) is 5.88 Å². The molecule has 3 heterocycles. The molecule has 3 aromatic heterocycles. The van der Waals surface area contributed by atoms with E-state index in [-0.39, 0.29) is 0 Å². The summed E-state index contributed by atoms with van der Waals surface area (Å²) in [6, 6.07) is 15.8. The second-order valence-electron chi connectivity index (χ2n) is 5.77. The molecule has 26 heavy (non-hydrogen) atoms. The van der Waals surface area contributed by atoms with Crippen molar-refractivity contribution in [3.05, 3.63) is 67.1 Å². The van der Waals surface area contributed by atoms with E-state index in [1.807, 2.05) is 58.2 Å². The van der Waals surface area contributed by atoms with E-state index in [1.54, 1.807) is 19.4 Å². The van der Waals surface area contributed by atoms with Gasteiger partial charge in [-0.25, -0.2) is 0 Å². The molecule has 0 aliphatic heterocycles. The third-order valence-corrected chi connectivity index (χ3v) is 4.06. The summed E-state index contributed by atoms with van der Waals surface area (Å²) in [5, 5.41) is 17.1. The van der Waals surface area contributed by atoms with Gasteiger partial charge in [0.2, 0.25) is 5.88 Å². The predicted octanol–water partition coefficient (Wildman–Crippen LogP) is 2.91. The first kappa shape index (κ1) is 16.0. The van der Waals surface area contributed by atoms with Gasteiger partial charge in [-0.1, -0.05) is 18.2 Å². The van der Waals surface area contributed by atoms with Gasteiger partial charge in [-0.05, 0) is 24.3 Å². The summed E-state index contributed by atoms with van der Waals surface area (Å²) < 4.78 is 8.88. The minimum Gasteiger partial charge on any atom is -0.480 e. The average Bonchev–Trinajstić information content (AvgIpc) is 3.38. The molecular formula is C19H18N6O. The van der Waals surface area contributed by atoms with Gasteiger partial charge in [0.25, 0.3) is 0 Å². The van der Waals surface area contributed by atoms with Gasteiger partial charge in [0.1, 0.15) is 0 Å². The van der Waals surface area contributed by atoms with Crippen LogP contribution >= 0.6 is 0 Å². The molecule has 130 valence electrons. The second-order valence-corrected chi connectivity index (χ2v) is 5.77. The van der Waals surface area contributed by atoms with Crippen molar-refractivity contribution in [2.24, 2.45) is 0 Å². The maximum atomic E-state index is 5.06. The highest BCUT2D eigenvalue weighted by Crippen LogP contribution is 2.24. The van der Waals surface area contributed by atoms with Crippen molar-refractivity contribution in [1.82, 2.24) is 29.8 Å². The molecule has 0 amide bonds. The smallest absolute Gasteiger partial charge is 0.233 e. The Labute approximate surface area is 150 Å². The SMILES string of the molecule is COc1ccc(-c2cccc(-c3ccn(CCn4cccn4)n3)c2)nn1. The quantitative estimate of drug-likeness (QED) is 0.537. The van der Waals surface area contributed by atoms with E-state index >= 15 is 0 Å². The van der Waals surface area contributed by atoms with Gasteiger partial charge < -0.3 is 4.74 Å². The number of methoxy groups -OCH3 is 1. The highest BCUT2D eigenvalue weighted by molar-refractivity contribution is 5.69. The Balaban J connectivity index is 1.52. The Morgan fingerprint density at radius 1 is 0.846 bits per heavy atom. The monoisotopic (exact) mass is 346 g/mol. The predicted molar refractivity (Wildman–Crippen MR) is 97.5 cm³/mol. The maximum absolute atomic E-state index is 5.06. The summed E-state index contributed by atoms with van der Waals surface area (Å²) in [6.45, 7) is 1.56. The summed E-state index contributed by atoms with van der Waals surface area (Å²) in [6.07, 6.45) is 5.71. The van der Waals surface area contributed by atoms with E-state index in [2.05, 4.69) is 26.5 Å². The van der Waals surface area contributed by atoms with Gasteiger partial charge in [0, 0.05) is 35.8 Å². The summed E-state index contributed by atoms with van der Waals surface area (Å²) in [4.78, 5) is 0. The molecule has 0 saturated carbocycles. The maximum Gasteiger partial charge on any atom is 0.233 e. The van der Waals surface area contributed by atoms with Crippen molar-refractivity contribution < 1.29 is 4.74 Å². The Bertz CT molecular complexity index is 975. The van der Waals surface area contributed by atoms with E-state index in [0.717, 1.165) is 35.6 Å². The number of rotatable bonds is 6. The minimum atomic E-state index is 0.501. The number of ether oxygens (including phenoxy) is 1. The van der Waals surface area contributed by atoms with E-state index in [4.69, 9.17) is 4.74 Å². The van der Waals surface area contributed by atoms with Crippen LogP contribution in [0.25, 0.3) is 22.5 Å². The van der Waals surface area contributed by atoms with Gasteiger partial charge in [-0.2, -0.15) is 10.2 Å². The minimum absolute atomic E-state index is 0.501. The summed E-state index contributed by atoms with van der Waals surface area (Å²) in [5.74, 6) is 0.501. The normalized spacial score (nSPS) is 10.8. The topological polar surface area (TPSA) is 70.7 Å². The highest BCUT2D eigenvalue weighted by atomic mass is 16.5. The highest BCUT2D eigenvalue weighted by Gasteiger charge is 2.07. The van der Waals surface area contributed by atoms with Crippen LogP contribution in [0.4, 0.5) is 0 Å². The van der Waals surface area contributed by atoms with Crippen molar-refractivity contribution in [2.75, 3.05) is 7.11 Å². The first-order valence-electron chi connectivity index (χ1n) is 8.31. The summed E-state index contributed by atoms with van der Waals surface area (Å²) >= 11 is 0. The third-order valence-electron chi connectivity index (χ3n) is 4.06. The number of aryl methyl sites for hydroxylation is 2. The zero-order chi connectivity index (χ0) is 17.8. The molecule has 0 atom stereocenters. The molecule has 7 heteroatoms. The lowest BCUT2D eigenvalue weighted by Gasteiger charge is -2.04. The van der Waals surface area contributed by atoms with E-state index in [1.165, 1.54) is 0 Å². The zero-order valence-electron chi connectivity index (χ0n) is 14.4. The van der Waals surface area contributed by atoms with E-state index in [9.17, 15) is 0 Å². The average molecular weight is 346 g/mol. The lowest BCUT2D eigenvalue weighted by atomic mass is 10.1. The molecule has 4 aromatic rings. The van der Waals surface area contributed by atoms with Crippen LogP contribution in [-0.2, 0) is 13.1 Å². The van der Waals surface area contributed by atoms with Gasteiger partial charge in [-0.3, -0.25) is 9.36 Å². The fraction of sp³-hybridized carbons (Fsp3) is 0.158. The van der Waals surface area contributed by atoms with Gasteiger partial charge in [0.15, 0.2) is 0 Å². The third kappa shape index (κ3) is 3.46. The first-order chi connectivity index (χ1) is 12.8. The fourth-order valence-corrected chi connectivity index (χ4v) is 2.70. The number of benzene rings is 1. The lowest BCUT2D eigenvalue weighted by Crippen LogP contribution is -2.08. The van der Waals surface area contributed by atoms with Gasteiger partial charge in [0.05, 0.1) is 31.6 Å². The first-order valence-corrected chi connectivity index (χ1v) is 8.31. The van der Waals surface area contributed by atoms with Gasteiger partial charge in [-0.15, -0.1) is 10.2 Å². The van der Waals surface area contributed by atoms with Crippen LogP contribution in [0, 0.1) is 0 Å². The Hall–Kier alpha value is -3.48. The van der Waals surface area contributed by atoms with Crippen molar-refractivity contribution in [2.45, 2.75) is 13.1 Å². The van der Waals surface area contributed by atoms with E-state index < -0.39 is 0 Å². The van der Waals surface area contributed by atoms with Crippen molar-refractivity contribution >= 4 is 0 Å². The Morgan fingerprint density at radius 2 is 1.69 bits per heavy atom. The molecule has 0 aliphatic rings. The Kier molecular flexibility index (Phi) is 4.42. The van der Waals surface area contributed by atoms with Crippen LogP contribution in [0.3, 0.4) is 0 Å². The molecule has 0 bridgehead atoms. The van der Waals surface area contributed by atoms with Crippen molar-refractivity contribution in [3.8, 4) is 28.4 Å². The number of hydrogen-bond acceptors (Lipinski definition) is 5. The molecule has 0 saturated heterocycles. The van der Waals surface area contributed by atoms with Crippen molar-refractivity contribution in [1.29, 1.82) is 0 Å². The van der Waals surface area contributed by atoms with Crippen LogP contribution in [0.5, 0.6) is 5.88 Å². The summed E-state index contributed by atoms with van der Waals surface area (Å²) in [7, 11) is 1.58. The van der Waals surface area contributed by atoms with Crippen LogP contribution < -0.4 is 4.74 Å². The molecule has 0 fully saturated rings. The fourth-order valence-electron chi connectivity index (χ4n) is 2.70. The zero-order valence-corrected chi connectivity index (χ0v) is 14.4. The van der Waals surface area contributed by atoms with Crippen LogP contribution in [0.1, 0.15) is 0 Å². The molecule has 4 rings (SSSR count). The largest absolute Gasteiger partial charge is 0.480 e. The van der Waals surface area contributed by atoms with Crippen LogP contribution in [-0.4, -0.2) is 36.9 Å². The van der Waals surface area contributed by atoms with Crippen LogP contribution in [0.15, 0.2) is 67.1 Å². The molecule has 0 radical (unpaired) electrons. The molecular weight excluding hydrogens is 328 g/mol. The standard InChI is InChI=1S/C19H18N6O/c1-26-19-7-6-17(21-22-19)15-4-2-5-16(14-15)18-8-11-25(23-18)13-12-24-10-3-9-20-24/h2-11,14H,12-13H2,1H3. The van der Waals surface area contributed by atoms with Crippen molar-refractivity contribution in [3.63, 3.8) is 0 Å². The number of nitrogens with zero attached hydrogens (tertiary/aromatic N) is 6. The Morgan fingerprint density at radius 3 is 2.42 bits per heavy atom. The molecule has 0 N–H and O–H groups in total. The molecule has 1 aromatic carbocycles. The van der Waals surface area contributed by atoms with Crippen LogP contribution in [0.2, 0.25) is 0 Å².